The molecule has 5 heteroatoms. The number of thiophene rings is 2. The highest BCUT2D eigenvalue weighted by Gasteiger charge is 2.51. The molecule has 4 rings (SSSR count). The zero-order valence-electron chi connectivity index (χ0n) is 10.6. The molecule has 0 bridgehead atoms. The lowest BCUT2D eigenvalue weighted by Gasteiger charge is -2.17. The first-order valence-corrected chi connectivity index (χ1v) is 11.6. The van der Waals surface area contributed by atoms with Crippen LogP contribution >= 0.6 is 61.8 Å². The van der Waals surface area contributed by atoms with Gasteiger partial charge in [-0.05, 0) is 44.0 Å². The van der Waals surface area contributed by atoms with Crippen molar-refractivity contribution in [3.8, 4) is 9.75 Å². The third-order valence-electron chi connectivity index (χ3n) is 3.81. The van der Waals surface area contributed by atoms with Crippen LogP contribution < -0.4 is 15.9 Å². The van der Waals surface area contributed by atoms with Gasteiger partial charge in [-0.3, -0.25) is 0 Å². The molecule has 0 spiro atoms. The Morgan fingerprint density at radius 3 is 1.85 bits per heavy atom. The highest BCUT2D eigenvalue weighted by atomic mass is 79.9. The molecule has 0 saturated heterocycles. The molecule has 0 nitrogen and oxygen atoms in total. The minimum atomic E-state index is -1.45. The summed E-state index contributed by atoms with van der Waals surface area (Å²) in [4.78, 5) is 2.92. The van der Waals surface area contributed by atoms with Crippen LogP contribution in [0.15, 0.2) is 50.0 Å². The first-order chi connectivity index (χ1) is 9.60. The molecular weight excluding hydrogens is 435 g/mol. The molecule has 100 valence electrons. The zero-order valence-corrected chi connectivity index (χ0v) is 16.3. The predicted octanol–water partition coefficient (Wildman–Crippen LogP) is 5.24. The number of fused-ring (bicyclic) bond motifs is 3. The maximum atomic E-state index is 3.67. The van der Waals surface area contributed by atoms with E-state index in [0.29, 0.717) is 0 Å². The highest BCUT2D eigenvalue weighted by Crippen LogP contribution is 2.63. The average molecular weight is 445 g/mol. The van der Waals surface area contributed by atoms with Crippen LogP contribution in [0.5, 0.6) is 0 Å². The van der Waals surface area contributed by atoms with Gasteiger partial charge < -0.3 is 0 Å². The van der Waals surface area contributed by atoms with Crippen LogP contribution in [0.1, 0.15) is 0 Å². The lowest BCUT2D eigenvalue weighted by molar-refractivity contribution is 1.76. The third-order valence-corrected chi connectivity index (χ3v) is 11.5. The van der Waals surface area contributed by atoms with E-state index in [2.05, 4.69) is 81.0 Å². The van der Waals surface area contributed by atoms with Crippen LogP contribution in [0.2, 0.25) is 0 Å². The first kappa shape index (κ1) is 13.7. The van der Waals surface area contributed by atoms with Crippen molar-refractivity contribution in [2.24, 2.45) is 0 Å². The second-order valence-electron chi connectivity index (χ2n) is 4.87. The highest BCUT2D eigenvalue weighted by molar-refractivity contribution is 9.11. The summed E-state index contributed by atoms with van der Waals surface area (Å²) in [6.07, 6.45) is 0. The van der Waals surface area contributed by atoms with E-state index >= 15 is 0 Å². The maximum absolute atomic E-state index is 3.67. The molecule has 1 aromatic carbocycles. The molecule has 0 N–H and O–H groups in total. The van der Waals surface area contributed by atoms with Crippen molar-refractivity contribution in [2.45, 2.75) is 0 Å². The summed E-state index contributed by atoms with van der Waals surface area (Å²) >= 11 is 11.1. The van der Waals surface area contributed by atoms with E-state index in [1.54, 1.807) is 0 Å². The van der Waals surface area contributed by atoms with Crippen LogP contribution in [0.4, 0.5) is 0 Å². The second kappa shape index (κ2) is 4.76. The van der Waals surface area contributed by atoms with Crippen LogP contribution in [0, 0.1) is 0 Å². The molecule has 0 amide bonds. The van der Waals surface area contributed by atoms with E-state index in [4.69, 9.17) is 0 Å². The van der Waals surface area contributed by atoms with Crippen molar-refractivity contribution in [3.05, 3.63) is 50.0 Å². The number of hydrogen-bond donors (Lipinski definition) is 0. The number of benzene rings is 1. The molecule has 2 aromatic heterocycles. The van der Waals surface area contributed by atoms with Gasteiger partial charge in [-0.25, -0.2) is 0 Å². The van der Waals surface area contributed by atoms with Crippen molar-refractivity contribution in [1.29, 1.82) is 0 Å². The number of hydrogen-bond acceptors (Lipinski definition) is 2. The fraction of sp³-hybridized carbons (Fsp3) is 0.0667. The summed E-state index contributed by atoms with van der Waals surface area (Å²) in [5, 5.41) is 4.54. The van der Waals surface area contributed by atoms with Crippen molar-refractivity contribution >= 4 is 77.7 Å². The molecule has 0 unspecified atom stereocenters. The summed E-state index contributed by atoms with van der Waals surface area (Å²) in [5.74, 6) is 0. The zero-order chi connectivity index (χ0) is 13.9. The standard InChI is InChI=1S/C15H10Br2PS2/c1-18(9-5-3-2-4-6-9)10-7-12(16)19-14(10)15-11(18)8-13(17)20-15/h2-8H,1H3/q+1. The molecule has 1 aliphatic rings. The van der Waals surface area contributed by atoms with Crippen molar-refractivity contribution < 1.29 is 0 Å². The normalized spacial score (nSPS) is 15.2. The molecule has 0 radical (unpaired) electrons. The summed E-state index contributed by atoms with van der Waals surface area (Å²) < 4.78 is 2.47. The van der Waals surface area contributed by atoms with Gasteiger partial charge >= 0.3 is 0 Å². The van der Waals surface area contributed by atoms with Gasteiger partial charge in [0.1, 0.15) is 23.2 Å². The third kappa shape index (κ3) is 1.79. The van der Waals surface area contributed by atoms with E-state index in [1.807, 2.05) is 22.7 Å². The van der Waals surface area contributed by atoms with Gasteiger partial charge in [-0.1, -0.05) is 18.2 Å². The fourth-order valence-electron chi connectivity index (χ4n) is 2.83. The molecule has 1 aliphatic heterocycles. The largest absolute Gasteiger partial charge is 0.125 e. The van der Waals surface area contributed by atoms with Crippen molar-refractivity contribution in [1.82, 2.24) is 0 Å². The van der Waals surface area contributed by atoms with Gasteiger partial charge in [-0.15, -0.1) is 22.7 Å². The summed E-state index contributed by atoms with van der Waals surface area (Å²) in [6.45, 7) is 2.45. The first-order valence-electron chi connectivity index (χ1n) is 6.13. The second-order valence-corrected chi connectivity index (χ2v) is 13.2. The van der Waals surface area contributed by atoms with E-state index in [-0.39, 0.29) is 0 Å². The fourth-order valence-corrected chi connectivity index (χ4v) is 11.4. The van der Waals surface area contributed by atoms with E-state index < -0.39 is 7.26 Å². The molecular formula is C15H10Br2PS2+. The van der Waals surface area contributed by atoms with Gasteiger partial charge in [0.25, 0.3) is 0 Å². The van der Waals surface area contributed by atoms with Gasteiger partial charge in [0.2, 0.25) is 0 Å². The molecule has 3 aromatic rings. The molecule has 0 atom stereocenters. The van der Waals surface area contributed by atoms with E-state index in [1.165, 1.54) is 33.2 Å². The Morgan fingerprint density at radius 1 is 0.850 bits per heavy atom. The van der Waals surface area contributed by atoms with Crippen LogP contribution in [-0.4, -0.2) is 6.66 Å². The van der Waals surface area contributed by atoms with Crippen molar-refractivity contribution in [2.75, 3.05) is 6.66 Å². The number of halogens is 2. The van der Waals surface area contributed by atoms with E-state index in [0.717, 1.165) is 0 Å². The Bertz CT molecular complexity index is 758. The quantitative estimate of drug-likeness (QED) is 0.450. The Morgan fingerprint density at radius 2 is 1.35 bits per heavy atom. The topological polar surface area (TPSA) is 0 Å². The monoisotopic (exact) mass is 443 g/mol. The summed E-state index contributed by atoms with van der Waals surface area (Å²) in [6, 6.07) is 15.6. The Labute approximate surface area is 143 Å². The van der Waals surface area contributed by atoms with Crippen LogP contribution in [-0.2, 0) is 0 Å². The smallest absolute Gasteiger partial charge is 0.123 e. The maximum Gasteiger partial charge on any atom is 0.125 e. The number of rotatable bonds is 1. The predicted molar refractivity (Wildman–Crippen MR) is 101 cm³/mol. The van der Waals surface area contributed by atoms with Gasteiger partial charge in [0.05, 0.1) is 24.0 Å². The Balaban J connectivity index is 2.08. The van der Waals surface area contributed by atoms with Gasteiger partial charge in [-0.2, -0.15) is 0 Å². The van der Waals surface area contributed by atoms with Crippen molar-refractivity contribution in [3.63, 3.8) is 0 Å². The van der Waals surface area contributed by atoms with E-state index in [9.17, 15) is 0 Å². The molecule has 3 heterocycles. The molecule has 20 heavy (non-hydrogen) atoms. The summed E-state index contributed by atoms with van der Waals surface area (Å²) in [5.41, 5.74) is 0. The SMILES string of the molecule is C[P+]1(c2ccccc2)c2cc(Br)sc2-c2sc(Br)cc21. The lowest BCUT2D eigenvalue weighted by atomic mass is 10.4. The molecule has 0 saturated carbocycles. The van der Waals surface area contributed by atoms with Crippen LogP contribution in [0.3, 0.4) is 0 Å². The van der Waals surface area contributed by atoms with Crippen LogP contribution in [0.25, 0.3) is 9.75 Å². The van der Waals surface area contributed by atoms with Gasteiger partial charge in [0.15, 0.2) is 0 Å². The van der Waals surface area contributed by atoms with Gasteiger partial charge in [0, 0.05) is 12.1 Å². The molecule has 0 aliphatic carbocycles. The minimum absolute atomic E-state index is 1.24. The lowest BCUT2D eigenvalue weighted by Crippen LogP contribution is -2.25. The summed E-state index contributed by atoms with van der Waals surface area (Å²) in [7, 11) is -1.45. The minimum Gasteiger partial charge on any atom is -0.123 e. The Kier molecular flexibility index (Phi) is 3.25. The molecule has 0 fully saturated rings. The average Bonchev–Trinajstić information content (AvgIpc) is 3.06. The Hall–Kier alpha value is 0.01000.